The van der Waals surface area contributed by atoms with Gasteiger partial charge in [-0.05, 0) is 44.4 Å². The van der Waals surface area contributed by atoms with Gasteiger partial charge in [0.2, 0.25) is 11.8 Å². The summed E-state index contributed by atoms with van der Waals surface area (Å²) < 4.78 is 23.4. The van der Waals surface area contributed by atoms with Crippen LogP contribution in [0.1, 0.15) is 25.3 Å². The quantitative estimate of drug-likeness (QED) is 0.824. The van der Waals surface area contributed by atoms with Crippen LogP contribution < -0.4 is 5.32 Å². The molecule has 0 aromatic heterocycles. The Hall–Kier alpha value is -1.60. The zero-order valence-electron chi connectivity index (χ0n) is 14.9. The second-order valence-corrected chi connectivity index (χ2v) is 9.72. The van der Waals surface area contributed by atoms with Gasteiger partial charge >= 0.3 is 0 Å². The zero-order valence-corrected chi connectivity index (χ0v) is 16.4. The van der Waals surface area contributed by atoms with Crippen LogP contribution in [0.15, 0.2) is 18.2 Å². The Balaban J connectivity index is 1.60. The Morgan fingerprint density at radius 3 is 2.62 bits per heavy atom. The van der Waals surface area contributed by atoms with Crippen molar-refractivity contribution in [1.82, 2.24) is 4.90 Å². The first-order valence-corrected chi connectivity index (χ1v) is 11.0. The number of halogens is 1. The van der Waals surface area contributed by atoms with E-state index in [0.717, 1.165) is 5.56 Å². The minimum Gasteiger partial charge on any atom is -0.339 e. The van der Waals surface area contributed by atoms with Crippen molar-refractivity contribution in [3.63, 3.8) is 0 Å². The number of sulfone groups is 1. The highest BCUT2D eigenvalue weighted by molar-refractivity contribution is 7.91. The van der Waals surface area contributed by atoms with E-state index in [4.69, 9.17) is 11.6 Å². The van der Waals surface area contributed by atoms with E-state index < -0.39 is 9.84 Å². The second kappa shape index (κ2) is 7.19. The molecule has 3 unspecified atom stereocenters. The highest BCUT2D eigenvalue weighted by Crippen LogP contribution is 2.41. The van der Waals surface area contributed by atoms with Gasteiger partial charge in [-0.3, -0.25) is 9.59 Å². The highest BCUT2D eigenvalue weighted by Gasteiger charge is 2.50. The maximum Gasteiger partial charge on any atom is 0.228 e. The fourth-order valence-corrected chi connectivity index (χ4v) is 5.40. The molecule has 26 heavy (non-hydrogen) atoms. The predicted octanol–water partition coefficient (Wildman–Crippen LogP) is 2.26. The minimum atomic E-state index is -3.05. The molecule has 2 aliphatic rings. The van der Waals surface area contributed by atoms with Crippen molar-refractivity contribution in [2.75, 3.05) is 23.4 Å². The van der Waals surface area contributed by atoms with Gasteiger partial charge in [-0.1, -0.05) is 17.7 Å². The van der Waals surface area contributed by atoms with Crippen LogP contribution in [0.5, 0.6) is 0 Å². The monoisotopic (exact) mass is 398 g/mol. The van der Waals surface area contributed by atoms with E-state index in [1.165, 1.54) is 0 Å². The smallest absolute Gasteiger partial charge is 0.228 e. The Labute approximate surface area is 158 Å². The maximum atomic E-state index is 12.7. The number of anilines is 1. The molecule has 142 valence electrons. The summed E-state index contributed by atoms with van der Waals surface area (Å²) in [6, 6.07) is 5.03. The van der Waals surface area contributed by atoms with E-state index in [1.54, 1.807) is 17.0 Å². The first-order valence-electron chi connectivity index (χ1n) is 8.79. The molecule has 1 aliphatic heterocycles. The summed E-state index contributed by atoms with van der Waals surface area (Å²) in [5.41, 5.74) is 1.53. The number of amides is 2. The molecule has 1 aromatic carbocycles. The van der Waals surface area contributed by atoms with Gasteiger partial charge in [0.25, 0.3) is 0 Å². The third-order valence-corrected chi connectivity index (χ3v) is 7.31. The molecule has 1 aliphatic carbocycles. The number of carbonyl (C=O) groups excluding carboxylic acids is 2. The SMILES string of the molecule is CCN(C(=O)C1CC1C(=O)Nc1ccc(C)c(Cl)c1)C1CCS(=O)(=O)C1. The average molecular weight is 399 g/mol. The molecule has 6 nitrogen and oxygen atoms in total. The van der Waals surface area contributed by atoms with Crippen molar-refractivity contribution in [3.8, 4) is 0 Å². The molecular weight excluding hydrogens is 376 g/mol. The number of benzene rings is 1. The Bertz CT molecular complexity index is 840. The van der Waals surface area contributed by atoms with Gasteiger partial charge in [-0.25, -0.2) is 8.42 Å². The van der Waals surface area contributed by atoms with Gasteiger partial charge in [-0.2, -0.15) is 0 Å². The molecule has 0 spiro atoms. The topological polar surface area (TPSA) is 83.6 Å². The molecule has 2 fully saturated rings. The summed E-state index contributed by atoms with van der Waals surface area (Å²) in [6.07, 6.45) is 0.980. The van der Waals surface area contributed by atoms with Crippen molar-refractivity contribution in [2.45, 2.75) is 32.7 Å². The number of nitrogens with zero attached hydrogens (tertiary/aromatic N) is 1. The number of nitrogens with one attached hydrogen (secondary N) is 1. The first kappa shape index (κ1) is 19.2. The summed E-state index contributed by atoms with van der Waals surface area (Å²) in [7, 11) is -3.05. The largest absolute Gasteiger partial charge is 0.339 e. The summed E-state index contributed by atoms with van der Waals surface area (Å²) in [6.45, 7) is 4.18. The fraction of sp³-hybridized carbons (Fsp3) is 0.556. The van der Waals surface area contributed by atoms with E-state index in [9.17, 15) is 18.0 Å². The molecule has 1 aromatic rings. The van der Waals surface area contributed by atoms with Crippen molar-refractivity contribution in [3.05, 3.63) is 28.8 Å². The van der Waals surface area contributed by atoms with Crippen LogP contribution in [0, 0.1) is 18.8 Å². The lowest BCUT2D eigenvalue weighted by molar-refractivity contribution is -0.135. The van der Waals surface area contributed by atoms with E-state index in [0.29, 0.717) is 30.1 Å². The third-order valence-electron chi connectivity index (χ3n) is 5.16. The van der Waals surface area contributed by atoms with Crippen molar-refractivity contribution in [1.29, 1.82) is 0 Å². The summed E-state index contributed by atoms with van der Waals surface area (Å²) >= 11 is 6.07. The molecule has 3 atom stereocenters. The van der Waals surface area contributed by atoms with E-state index in [-0.39, 0.29) is 41.2 Å². The normalized spacial score (nSPS) is 26.3. The van der Waals surface area contributed by atoms with Crippen LogP contribution in [-0.4, -0.2) is 49.2 Å². The van der Waals surface area contributed by atoms with Crippen LogP contribution in [0.4, 0.5) is 5.69 Å². The van der Waals surface area contributed by atoms with Crippen molar-refractivity contribution in [2.24, 2.45) is 11.8 Å². The molecule has 0 radical (unpaired) electrons. The number of aryl methyl sites for hydroxylation is 1. The van der Waals surface area contributed by atoms with Gasteiger partial charge in [0.1, 0.15) is 0 Å². The summed E-state index contributed by atoms with van der Waals surface area (Å²) in [5, 5.41) is 3.38. The number of rotatable bonds is 5. The van der Waals surface area contributed by atoms with Crippen LogP contribution in [-0.2, 0) is 19.4 Å². The minimum absolute atomic E-state index is 0.0258. The molecule has 1 heterocycles. The Morgan fingerprint density at radius 1 is 1.31 bits per heavy atom. The van der Waals surface area contributed by atoms with Gasteiger partial charge < -0.3 is 10.2 Å². The second-order valence-electron chi connectivity index (χ2n) is 7.08. The van der Waals surface area contributed by atoms with Crippen molar-refractivity contribution >= 4 is 38.9 Å². The van der Waals surface area contributed by atoms with E-state index in [1.807, 2.05) is 19.9 Å². The van der Waals surface area contributed by atoms with Gasteiger partial charge in [-0.15, -0.1) is 0 Å². The Kier molecular flexibility index (Phi) is 5.30. The van der Waals surface area contributed by atoms with Crippen molar-refractivity contribution < 1.29 is 18.0 Å². The van der Waals surface area contributed by atoms with Crippen LogP contribution in [0.2, 0.25) is 5.02 Å². The lowest BCUT2D eigenvalue weighted by atomic mass is 10.1. The molecule has 1 N–H and O–H groups in total. The van der Waals surface area contributed by atoms with E-state index in [2.05, 4.69) is 5.32 Å². The molecule has 1 saturated heterocycles. The predicted molar refractivity (Wildman–Crippen MR) is 101 cm³/mol. The molecule has 3 rings (SSSR count). The molecule has 2 amide bonds. The standard InChI is InChI=1S/C18H23ClN2O4S/c1-3-21(13-6-7-26(24,25)10-13)18(23)15-9-14(15)17(22)20-12-5-4-11(2)16(19)8-12/h4-5,8,13-15H,3,6-7,9-10H2,1-2H3,(H,20,22). The summed E-state index contributed by atoms with van der Waals surface area (Å²) in [4.78, 5) is 26.8. The number of hydrogen-bond acceptors (Lipinski definition) is 4. The molecule has 1 saturated carbocycles. The lowest BCUT2D eigenvalue weighted by Crippen LogP contribution is -2.42. The van der Waals surface area contributed by atoms with Crippen LogP contribution >= 0.6 is 11.6 Å². The fourth-order valence-electron chi connectivity index (χ4n) is 3.49. The molecular formula is C18H23ClN2O4S. The van der Waals surface area contributed by atoms with Gasteiger partial charge in [0.05, 0.1) is 23.3 Å². The zero-order chi connectivity index (χ0) is 19.1. The maximum absolute atomic E-state index is 12.7. The number of carbonyl (C=O) groups is 2. The van der Waals surface area contributed by atoms with Gasteiger partial charge in [0, 0.05) is 23.3 Å². The van der Waals surface area contributed by atoms with Crippen LogP contribution in [0.3, 0.4) is 0 Å². The lowest BCUT2D eigenvalue weighted by Gasteiger charge is -2.27. The average Bonchev–Trinajstić information content (AvgIpc) is 3.30. The third kappa shape index (κ3) is 4.04. The Morgan fingerprint density at radius 2 is 2.04 bits per heavy atom. The van der Waals surface area contributed by atoms with Gasteiger partial charge in [0.15, 0.2) is 9.84 Å². The van der Waals surface area contributed by atoms with E-state index >= 15 is 0 Å². The first-order chi connectivity index (χ1) is 12.2. The number of hydrogen-bond donors (Lipinski definition) is 1. The summed E-state index contributed by atoms with van der Waals surface area (Å²) in [5.74, 6) is -0.883. The molecule has 8 heteroatoms. The highest BCUT2D eigenvalue weighted by atomic mass is 35.5. The molecule has 0 bridgehead atoms. The van der Waals surface area contributed by atoms with Crippen LogP contribution in [0.25, 0.3) is 0 Å².